The second kappa shape index (κ2) is 9.02. The standard InChI is InChI=1S/C25H29N3O5/c1-32-21-15-22(29)28-13-12-26(24(30)20-7-4-14-33-20)11-9-19(28)23(21)25(31)27-10-8-17-5-2-3-6-18(17)16-27/h2-3,5-6,15,20H,4,7-14,16H2,1H3. The molecule has 0 bridgehead atoms. The predicted molar refractivity (Wildman–Crippen MR) is 121 cm³/mol. The molecular weight excluding hydrogens is 422 g/mol. The first kappa shape index (κ1) is 21.7. The fourth-order valence-electron chi connectivity index (χ4n) is 5.16. The van der Waals surface area contributed by atoms with Crippen molar-refractivity contribution in [2.75, 3.05) is 33.4 Å². The SMILES string of the molecule is COc1cc(=O)n2c(c1C(=O)N1CCc3ccccc3C1)CCN(C(=O)C1CCCO1)CC2. The van der Waals surface area contributed by atoms with E-state index in [2.05, 4.69) is 12.1 Å². The molecule has 0 spiro atoms. The number of nitrogens with zero attached hydrogens (tertiary/aromatic N) is 3. The summed E-state index contributed by atoms with van der Waals surface area (Å²) >= 11 is 0. The summed E-state index contributed by atoms with van der Waals surface area (Å²) in [5.74, 6) is 0.138. The van der Waals surface area contributed by atoms with Crippen molar-refractivity contribution in [2.24, 2.45) is 0 Å². The van der Waals surface area contributed by atoms with Crippen LogP contribution < -0.4 is 10.3 Å². The number of carbonyl (C=O) groups excluding carboxylic acids is 2. The van der Waals surface area contributed by atoms with Crippen molar-refractivity contribution in [2.45, 2.75) is 44.9 Å². The number of benzene rings is 1. The average molecular weight is 452 g/mol. The third-order valence-corrected chi connectivity index (χ3v) is 6.96. The van der Waals surface area contributed by atoms with Crippen LogP contribution in [0.3, 0.4) is 0 Å². The quantitative estimate of drug-likeness (QED) is 0.709. The van der Waals surface area contributed by atoms with Gasteiger partial charge in [-0.2, -0.15) is 0 Å². The Kier molecular flexibility index (Phi) is 5.93. The Morgan fingerprint density at radius 3 is 2.58 bits per heavy atom. The van der Waals surface area contributed by atoms with Crippen molar-refractivity contribution < 1.29 is 19.1 Å². The van der Waals surface area contributed by atoms with Gasteiger partial charge in [0.05, 0.1) is 7.11 Å². The molecule has 1 saturated heterocycles. The monoisotopic (exact) mass is 451 g/mol. The van der Waals surface area contributed by atoms with Crippen LogP contribution in [-0.4, -0.2) is 65.6 Å². The molecular formula is C25H29N3O5. The van der Waals surface area contributed by atoms with Gasteiger partial charge in [-0.05, 0) is 30.4 Å². The van der Waals surface area contributed by atoms with Crippen molar-refractivity contribution in [3.8, 4) is 5.75 Å². The Hall–Kier alpha value is -3.13. The third kappa shape index (κ3) is 4.04. The molecule has 2 aromatic rings. The van der Waals surface area contributed by atoms with Crippen LogP contribution in [-0.2, 0) is 35.5 Å². The number of fused-ring (bicyclic) bond motifs is 2. The Labute approximate surface area is 192 Å². The van der Waals surface area contributed by atoms with Crippen LogP contribution in [0.4, 0.5) is 0 Å². The van der Waals surface area contributed by atoms with Gasteiger partial charge in [0, 0.05) is 57.5 Å². The van der Waals surface area contributed by atoms with Crippen molar-refractivity contribution in [3.63, 3.8) is 0 Å². The molecule has 8 nitrogen and oxygen atoms in total. The highest BCUT2D eigenvalue weighted by Crippen LogP contribution is 2.28. The van der Waals surface area contributed by atoms with E-state index in [1.165, 1.54) is 18.7 Å². The minimum absolute atomic E-state index is 0.0270. The molecule has 5 rings (SSSR count). The Morgan fingerprint density at radius 2 is 1.82 bits per heavy atom. The Balaban J connectivity index is 1.45. The lowest BCUT2D eigenvalue weighted by Gasteiger charge is -2.30. The van der Waals surface area contributed by atoms with Crippen LogP contribution >= 0.6 is 0 Å². The Morgan fingerprint density at radius 1 is 1.03 bits per heavy atom. The van der Waals surface area contributed by atoms with Gasteiger partial charge in [0.15, 0.2) is 0 Å². The molecule has 3 aliphatic heterocycles. The number of rotatable bonds is 3. The van der Waals surface area contributed by atoms with Gasteiger partial charge in [-0.25, -0.2) is 0 Å². The molecule has 174 valence electrons. The summed E-state index contributed by atoms with van der Waals surface area (Å²) in [5.41, 5.74) is 3.27. The molecule has 0 N–H and O–H groups in total. The summed E-state index contributed by atoms with van der Waals surface area (Å²) in [7, 11) is 1.48. The van der Waals surface area contributed by atoms with E-state index >= 15 is 0 Å². The summed E-state index contributed by atoms with van der Waals surface area (Å²) in [5, 5.41) is 0. The predicted octanol–water partition coefficient (Wildman–Crippen LogP) is 1.62. The van der Waals surface area contributed by atoms with Crippen LogP contribution in [0, 0.1) is 0 Å². The van der Waals surface area contributed by atoms with Gasteiger partial charge in [0.2, 0.25) is 0 Å². The van der Waals surface area contributed by atoms with Gasteiger partial charge in [0.25, 0.3) is 17.4 Å². The van der Waals surface area contributed by atoms with E-state index in [1.807, 2.05) is 17.0 Å². The summed E-state index contributed by atoms with van der Waals surface area (Å²) in [6.45, 7) is 2.96. The van der Waals surface area contributed by atoms with Crippen LogP contribution in [0.25, 0.3) is 0 Å². The fourth-order valence-corrected chi connectivity index (χ4v) is 5.16. The lowest BCUT2D eigenvalue weighted by molar-refractivity contribution is -0.140. The number of methoxy groups -OCH3 is 1. The zero-order valence-electron chi connectivity index (χ0n) is 18.9. The zero-order chi connectivity index (χ0) is 22.9. The summed E-state index contributed by atoms with van der Waals surface area (Å²) in [6, 6.07) is 9.56. The van der Waals surface area contributed by atoms with E-state index < -0.39 is 6.10 Å². The number of ether oxygens (including phenoxy) is 2. The number of hydrogen-bond acceptors (Lipinski definition) is 5. The van der Waals surface area contributed by atoms with Gasteiger partial charge < -0.3 is 23.8 Å². The number of carbonyl (C=O) groups is 2. The molecule has 0 radical (unpaired) electrons. The zero-order valence-corrected chi connectivity index (χ0v) is 18.9. The fraction of sp³-hybridized carbons (Fsp3) is 0.480. The second-order valence-corrected chi connectivity index (χ2v) is 8.85. The van der Waals surface area contributed by atoms with Crippen LogP contribution in [0.2, 0.25) is 0 Å². The van der Waals surface area contributed by atoms with Gasteiger partial charge in [-0.1, -0.05) is 24.3 Å². The number of amides is 2. The first-order valence-electron chi connectivity index (χ1n) is 11.6. The lowest BCUT2D eigenvalue weighted by Crippen LogP contribution is -2.40. The normalized spacial score (nSPS) is 20.1. The minimum atomic E-state index is -0.396. The molecule has 3 aliphatic rings. The Bertz CT molecular complexity index is 1140. The van der Waals surface area contributed by atoms with E-state index in [4.69, 9.17) is 9.47 Å². The van der Waals surface area contributed by atoms with Crippen molar-refractivity contribution in [1.29, 1.82) is 0 Å². The van der Waals surface area contributed by atoms with E-state index in [0.717, 1.165) is 24.8 Å². The lowest BCUT2D eigenvalue weighted by atomic mass is 9.98. The van der Waals surface area contributed by atoms with E-state index in [-0.39, 0.29) is 17.4 Å². The summed E-state index contributed by atoms with van der Waals surface area (Å²) < 4.78 is 12.7. The molecule has 1 aromatic carbocycles. The maximum Gasteiger partial charge on any atom is 0.259 e. The van der Waals surface area contributed by atoms with Gasteiger partial charge in [0.1, 0.15) is 17.4 Å². The molecule has 4 heterocycles. The van der Waals surface area contributed by atoms with Gasteiger partial charge in [-0.3, -0.25) is 14.4 Å². The topological polar surface area (TPSA) is 81.1 Å². The molecule has 1 atom stereocenters. The van der Waals surface area contributed by atoms with Gasteiger partial charge >= 0.3 is 0 Å². The number of hydrogen-bond donors (Lipinski definition) is 0. The highest BCUT2D eigenvalue weighted by atomic mass is 16.5. The van der Waals surface area contributed by atoms with Crippen LogP contribution in [0.5, 0.6) is 5.75 Å². The smallest absolute Gasteiger partial charge is 0.259 e. The van der Waals surface area contributed by atoms with Crippen molar-refractivity contribution in [1.82, 2.24) is 14.4 Å². The average Bonchev–Trinajstić information content (AvgIpc) is 3.29. The van der Waals surface area contributed by atoms with Gasteiger partial charge in [-0.15, -0.1) is 0 Å². The summed E-state index contributed by atoms with van der Waals surface area (Å²) in [6.07, 6.45) is 2.43. The maximum atomic E-state index is 13.7. The number of pyridine rings is 1. The van der Waals surface area contributed by atoms with Crippen molar-refractivity contribution >= 4 is 11.8 Å². The molecule has 1 unspecified atom stereocenters. The van der Waals surface area contributed by atoms with Crippen molar-refractivity contribution in [3.05, 3.63) is 63.1 Å². The number of aromatic nitrogens is 1. The molecule has 1 fully saturated rings. The molecule has 1 aromatic heterocycles. The molecule has 2 amide bonds. The van der Waals surface area contributed by atoms with E-state index in [1.54, 1.807) is 9.47 Å². The molecule has 33 heavy (non-hydrogen) atoms. The van der Waals surface area contributed by atoms with Crippen LogP contribution in [0.15, 0.2) is 35.1 Å². The van der Waals surface area contributed by atoms with E-state index in [9.17, 15) is 14.4 Å². The molecule has 8 heteroatoms. The third-order valence-electron chi connectivity index (χ3n) is 6.96. The van der Waals surface area contributed by atoms with Crippen LogP contribution in [0.1, 0.15) is 40.0 Å². The first-order valence-corrected chi connectivity index (χ1v) is 11.6. The highest BCUT2D eigenvalue weighted by Gasteiger charge is 2.33. The molecule has 0 aliphatic carbocycles. The first-order chi connectivity index (χ1) is 16.1. The second-order valence-electron chi connectivity index (χ2n) is 8.85. The largest absolute Gasteiger partial charge is 0.496 e. The molecule has 0 saturated carbocycles. The minimum Gasteiger partial charge on any atom is -0.496 e. The summed E-state index contributed by atoms with van der Waals surface area (Å²) in [4.78, 5) is 43.1. The maximum absolute atomic E-state index is 13.7. The highest BCUT2D eigenvalue weighted by molar-refractivity contribution is 5.98. The van der Waals surface area contributed by atoms with E-state index in [0.29, 0.717) is 62.8 Å².